The quantitative estimate of drug-likeness (QED) is 0.396. The fraction of sp³-hybridized carbons (Fsp3) is 0.579. The van der Waals surface area contributed by atoms with Gasteiger partial charge in [-0.3, -0.25) is 0 Å². The summed E-state index contributed by atoms with van der Waals surface area (Å²) < 4.78 is 1.10. The Morgan fingerprint density at radius 3 is 1.93 bits per heavy atom. The van der Waals surface area contributed by atoms with Crippen molar-refractivity contribution in [1.29, 1.82) is 0 Å². The second-order valence-corrected chi connectivity index (χ2v) is 8.48. The molecule has 8 nitrogen and oxygen atoms in total. The molecule has 1 heterocycles. The standard InChI is InChI=1S/C15H23Cl2N2.C4H6O6/c1-11(2)19(4-3-12(8-18)9-19)10-13-5-14(16)7-15(17)6-13;5-1(3(7)8)2(6)4(9)10/h5-7,11-12H,3-4,8-10,18H2,1-2H3;1-2,5-6H,(H,7,8)(H,9,10)/q+1;/t12-,19?;/m1./s1. The molecule has 1 fully saturated rings. The monoisotopic (exact) mass is 451 g/mol. The summed E-state index contributed by atoms with van der Waals surface area (Å²) in [5.41, 5.74) is 7.07. The molecular weight excluding hydrogens is 423 g/mol. The predicted octanol–water partition coefficient (Wildman–Crippen LogP) is 1.57. The molecule has 0 aliphatic carbocycles. The summed E-state index contributed by atoms with van der Waals surface area (Å²) in [6, 6.07) is 6.45. The molecule has 4 atom stereocenters. The molecule has 1 aliphatic rings. The number of halogens is 2. The van der Waals surface area contributed by atoms with Crippen molar-refractivity contribution in [2.75, 3.05) is 19.6 Å². The third-order valence-electron chi connectivity index (χ3n) is 5.26. The van der Waals surface area contributed by atoms with Gasteiger partial charge in [0.2, 0.25) is 0 Å². The van der Waals surface area contributed by atoms with E-state index in [4.69, 9.17) is 49.4 Å². The molecule has 1 aromatic carbocycles. The Morgan fingerprint density at radius 2 is 1.59 bits per heavy atom. The number of carboxylic acids is 2. The van der Waals surface area contributed by atoms with E-state index in [0.29, 0.717) is 12.0 Å². The zero-order valence-corrected chi connectivity index (χ0v) is 18.0. The van der Waals surface area contributed by atoms with Crippen molar-refractivity contribution in [1.82, 2.24) is 0 Å². The highest BCUT2D eigenvalue weighted by Gasteiger charge is 2.40. The van der Waals surface area contributed by atoms with E-state index in [0.717, 1.165) is 34.2 Å². The summed E-state index contributed by atoms with van der Waals surface area (Å²) in [5, 5.41) is 34.0. The highest BCUT2D eigenvalue weighted by atomic mass is 35.5. The molecule has 1 aromatic rings. The molecule has 0 bridgehead atoms. The van der Waals surface area contributed by atoms with E-state index >= 15 is 0 Å². The van der Waals surface area contributed by atoms with Crippen LogP contribution in [0, 0.1) is 5.92 Å². The number of hydrogen-bond donors (Lipinski definition) is 5. The van der Waals surface area contributed by atoms with Gasteiger partial charge < -0.3 is 30.6 Å². The molecule has 2 rings (SSSR count). The van der Waals surface area contributed by atoms with Gasteiger partial charge in [-0.25, -0.2) is 9.59 Å². The van der Waals surface area contributed by atoms with Crippen molar-refractivity contribution in [2.24, 2.45) is 11.7 Å². The first-order valence-corrected chi connectivity index (χ1v) is 10.00. The Hall–Kier alpha value is -1.42. The smallest absolute Gasteiger partial charge is 0.335 e. The Bertz CT molecular complexity index is 680. The lowest BCUT2D eigenvalue weighted by atomic mass is 10.1. The lowest BCUT2D eigenvalue weighted by molar-refractivity contribution is -0.950. The van der Waals surface area contributed by atoms with Crippen LogP contribution in [0.3, 0.4) is 0 Å². The fourth-order valence-electron chi connectivity index (χ4n) is 3.46. The van der Waals surface area contributed by atoms with Crippen LogP contribution in [0.15, 0.2) is 18.2 Å². The summed E-state index contributed by atoms with van der Waals surface area (Å²) in [4.78, 5) is 19.5. The minimum absolute atomic E-state index is 0.592. The number of likely N-dealkylation sites (tertiary alicyclic amines) is 1. The lowest BCUT2D eigenvalue weighted by Crippen LogP contribution is -2.50. The SMILES string of the molecule is CC(C)[N+]1(Cc2cc(Cl)cc(Cl)c2)CC[C@H](CN)C1.O=C(O)C(O)C(O)C(=O)O. The number of carboxylic acid groups (broad SMARTS) is 2. The minimum atomic E-state index is -2.27. The van der Waals surface area contributed by atoms with Crippen LogP contribution in [-0.4, -0.2) is 74.7 Å². The third-order valence-corrected chi connectivity index (χ3v) is 5.69. The second-order valence-electron chi connectivity index (χ2n) is 7.61. The number of aliphatic carboxylic acids is 2. The van der Waals surface area contributed by atoms with E-state index in [1.54, 1.807) is 6.07 Å². The summed E-state index contributed by atoms with van der Waals surface area (Å²) in [6.45, 7) is 8.75. The zero-order valence-electron chi connectivity index (χ0n) is 16.5. The lowest BCUT2D eigenvalue weighted by Gasteiger charge is -2.39. The molecule has 0 radical (unpaired) electrons. The van der Waals surface area contributed by atoms with E-state index < -0.39 is 24.1 Å². The zero-order chi connectivity index (χ0) is 22.4. The Labute approximate surface area is 180 Å². The first kappa shape index (κ1) is 25.6. The largest absolute Gasteiger partial charge is 0.479 e. The van der Waals surface area contributed by atoms with Gasteiger partial charge in [-0.05, 0) is 32.0 Å². The molecule has 29 heavy (non-hydrogen) atoms. The summed E-state index contributed by atoms with van der Waals surface area (Å²) in [6.07, 6.45) is -3.31. The number of hydrogen-bond acceptors (Lipinski definition) is 5. The van der Waals surface area contributed by atoms with Gasteiger partial charge >= 0.3 is 11.9 Å². The molecule has 0 saturated carbocycles. The maximum absolute atomic E-state index is 9.77. The second kappa shape index (κ2) is 11.1. The molecule has 1 aliphatic heterocycles. The van der Waals surface area contributed by atoms with Crippen molar-refractivity contribution in [3.8, 4) is 0 Å². The van der Waals surface area contributed by atoms with Crippen LogP contribution in [-0.2, 0) is 16.1 Å². The average Bonchev–Trinajstić information content (AvgIpc) is 3.04. The molecule has 0 aromatic heterocycles. The van der Waals surface area contributed by atoms with Crippen LogP contribution in [0.5, 0.6) is 0 Å². The van der Waals surface area contributed by atoms with Gasteiger partial charge in [0.25, 0.3) is 0 Å². The van der Waals surface area contributed by atoms with Crippen molar-refractivity contribution in [3.05, 3.63) is 33.8 Å². The van der Waals surface area contributed by atoms with Crippen LogP contribution in [0.25, 0.3) is 0 Å². The van der Waals surface area contributed by atoms with Gasteiger partial charge in [0.1, 0.15) is 6.54 Å². The topological polar surface area (TPSA) is 141 Å². The Morgan fingerprint density at radius 1 is 1.10 bits per heavy atom. The number of nitrogens with two attached hydrogens (primary N) is 1. The maximum Gasteiger partial charge on any atom is 0.335 e. The van der Waals surface area contributed by atoms with Gasteiger partial charge in [-0.1, -0.05) is 23.2 Å². The van der Waals surface area contributed by atoms with Crippen molar-refractivity contribution in [2.45, 2.75) is 45.1 Å². The van der Waals surface area contributed by atoms with Gasteiger partial charge in [0.05, 0.1) is 19.1 Å². The molecule has 3 unspecified atom stereocenters. The number of aliphatic hydroxyl groups excluding tert-OH is 2. The van der Waals surface area contributed by atoms with Crippen LogP contribution in [0.4, 0.5) is 0 Å². The van der Waals surface area contributed by atoms with E-state index in [9.17, 15) is 9.59 Å². The third kappa shape index (κ3) is 7.40. The molecule has 164 valence electrons. The first-order valence-electron chi connectivity index (χ1n) is 9.24. The average molecular weight is 452 g/mol. The minimum Gasteiger partial charge on any atom is -0.479 e. The Kier molecular flexibility index (Phi) is 9.81. The van der Waals surface area contributed by atoms with Gasteiger partial charge in [-0.15, -0.1) is 0 Å². The number of benzene rings is 1. The van der Waals surface area contributed by atoms with Gasteiger partial charge in [-0.2, -0.15) is 0 Å². The van der Waals surface area contributed by atoms with Crippen molar-refractivity contribution < 1.29 is 34.5 Å². The molecular formula is C19H29Cl2N2O6+. The maximum atomic E-state index is 9.77. The van der Waals surface area contributed by atoms with E-state index in [2.05, 4.69) is 13.8 Å². The number of carbonyl (C=O) groups is 2. The molecule has 0 spiro atoms. The molecule has 10 heteroatoms. The normalized spacial score (nSPS) is 23.2. The highest BCUT2D eigenvalue weighted by Crippen LogP contribution is 2.31. The molecule has 0 amide bonds. The van der Waals surface area contributed by atoms with Crippen molar-refractivity contribution >= 4 is 35.1 Å². The van der Waals surface area contributed by atoms with Crippen LogP contribution >= 0.6 is 23.2 Å². The molecule has 6 N–H and O–H groups in total. The number of quaternary nitrogens is 1. The first-order chi connectivity index (χ1) is 13.4. The van der Waals surface area contributed by atoms with Gasteiger partial charge in [0.15, 0.2) is 12.2 Å². The van der Waals surface area contributed by atoms with Gasteiger partial charge in [0, 0.05) is 34.5 Å². The van der Waals surface area contributed by atoms with Crippen molar-refractivity contribution in [3.63, 3.8) is 0 Å². The van der Waals surface area contributed by atoms with E-state index in [1.807, 2.05) is 12.1 Å². The van der Waals surface area contributed by atoms with Crippen LogP contribution in [0.2, 0.25) is 10.0 Å². The van der Waals surface area contributed by atoms with Crippen LogP contribution in [0.1, 0.15) is 25.8 Å². The van der Waals surface area contributed by atoms with Crippen LogP contribution < -0.4 is 5.73 Å². The summed E-state index contributed by atoms with van der Waals surface area (Å²) in [5.74, 6) is -2.89. The molecule has 1 saturated heterocycles. The van der Waals surface area contributed by atoms with E-state index in [-0.39, 0.29) is 0 Å². The number of aliphatic hydroxyl groups is 2. The fourth-order valence-corrected chi connectivity index (χ4v) is 4.03. The highest BCUT2D eigenvalue weighted by molar-refractivity contribution is 6.34. The summed E-state index contributed by atoms with van der Waals surface area (Å²) in [7, 11) is 0. The number of rotatable bonds is 7. The number of nitrogens with zero attached hydrogens (tertiary/aromatic N) is 1. The summed E-state index contributed by atoms with van der Waals surface area (Å²) >= 11 is 12.2. The van der Waals surface area contributed by atoms with E-state index in [1.165, 1.54) is 18.5 Å². The Balaban J connectivity index is 0.000000359. The predicted molar refractivity (Wildman–Crippen MR) is 110 cm³/mol.